The summed E-state index contributed by atoms with van der Waals surface area (Å²) in [6, 6.07) is 33.4. The fraction of sp³-hybridized carbons (Fsp3) is 0.219. The zero-order valence-electron chi connectivity index (χ0n) is 21.9. The van der Waals surface area contributed by atoms with Gasteiger partial charge in [-0.1, -0.05) is 54.3 Å². The molecule has 5 heteroatoms. The largest absolute Gasteiger partial charge is 1.00 e. The number of allylic oxidation sites excluding steroid dienone is 1. The van der Waals surface area contributed by atoms with Gasteiger partial charge in [-0.2, -0.15) is 41.3 Å². The summed E-state index contributed by atoms with van der Waals surface area (Å²) in [4.78, 5) is 2.37. The molecule has 0 atom stereocenters. The summed E-state index contributed by atoms with van der Waals surface area (Å²) in [6.45, 7) is 8.89. The summed E-state index contributed by atoms with van der Waals surface area (Å²) in [6.07, 6.45) is 6.48. The van der Waals surface area contributed by atoms with Crippen molar-refractivity contribution in [2.24, 2.45) is 0 Å². The molecule has 0 spiro atoms. The third kappa shape index (κ3) is 7.64. The van der Waals surface area contributed by atoms with Gasteiger partial charge in [-0.15, -0.1) is 41.3 Å². The predicted octanol–water partition coefficient (Wildman–Crippen LogP) is 2.01. The SMILES string of the molecule is CC(C)N([B]=[Zr+2])C(C)C.[C-]1=CCc2c1ccc1ccc3ccccc3c21.[Cl-].[Cl-].c1ccc2[cH-]ccc2c1. The molecule has 0 N–H and O–H groups in total. The molecule has 0 radical (unpaired) electrons. The number of benzene rings is 4. The zero-order valence-corrected chi connectivity index (χ0v) is 25.8. The van der Waals surface area contributed by atoms with Crippen molar-refractivity contribution in [3.63, 3.8) is 0 Å². The Morgan fingerprint density at radius 1 is 0.784 bits per heavy atom. The molecular weight excluding hydrogens is 571 g/mol. The van der Waals surface area contributed by atoms with E-state index in [2.05, 4.69) is 140 Å². The molecule has 188 valence electrons. The Balaban J connectivity index is 0.000000208. The molecule has 0 unspecified atom stereocenters. The van der Waals surface area contributed by atoms with E-state index in [0.29, 0.717) is 12.1 Å². The number of halogens is 2. The maximum atomic E-state index is 3.33. The minimum absolute atomic E-state index is 0. The second-order valence-corrected chi connectivity index (χ2v) is 10.1. The van der Waals surface area contributed by atoms with E-state index < -0.39 is 0 Å². The molecule has 0 bridgehead atoms. The molecular formula is C32H32BCl2NZr-2. The third-order valence-corrected chi connectivity index (χ3v) is 7.20. The van der Waals surface area contributed by atoms with E-state index in [1.54, 1.807) is 0 Å². The van der Waals surface area contributed by atoms with Gasteiger partial charge in [-0.25, -0.2) is 0 Å². The van der Waals surface area contributed by atoms with Crippen LogP contribution in [0.3, 0.4) is 0 Å². The van der Waals surface area contributed by atoms with E-state index >= 15 is 0 Å². The Morgan fingerprint density at radius 2 is 1.41 bits per heavy atom. The average molecular weight is 604 g/mol. The topological polar surface area (TPSA) is 3.24 Å². The van der Waals surface area contributed by atoms with Gasteiger partial charge in [-0.05, 0) is 16.2 Å². The zero-order chi connectivity index (χ0) is 24.8. The van der Waals surface area contributed by atoms with Gasteiger partial charge in [0, 0.05) is 0 Å². The molecule has 0 heterocycles. The Hall–Kier alpha value is -1.76. The molecule has 0 aromatic heterocycles. The Bertz CT molecular complexity index is 1430. The standard InChI is InChI=1S/C17H11.C9H7.C6H14BN.2ClH.Zr/c1-2-6-15-12(4-1)8-10-14-11-9-13-5-3-7-16(13)17(14)15;1-2-5-9-7-3-6-8(9)4-1;1-5(2)8(7)6(3)4;;;/h1-4,6,8-11H,7H2;1-7H;5-6H,1-4H3;2*1H;/q2*-1;;;;+2/p-2. The second kappa shape index (κ2) is 15.0. The van der Waals surface area contributed by atoms with E-state index in [4.69, 9.17) is 0 Å². The summed E-state index contributed by atoms with van der Waals surface area (Å²) in [7, 11) is 0. The maximum absolute atomic E-state index is 3.33. The van der Waals surface area contributed by atoms with Gasteiger partial charge in [0.25, 0.3) is 0 Å². The molecule has 6 rings (SSSR count). The van der Waals surface area contributed by atoms with Crippen LogP contribution in [-0.2, 0) is 30.4 Å². The number of fused-ring (bicyclic) bond motifs is 6. The van der Waals surface area contributed by atoms with Crippen molar-refractivity contribution in [1.29, 1.82) is 0 Å². The number of rotatable bonds is 3. The second-order valence-electron chi connectivity index (χ2n) is 9.45. The summed E-state index contributed by atoms with van der Waals surface area (Å²) >= 11 is 1.49. The van der Waals surface area contributed by atoms with Crippen molar-refractivity contribution < 1.29 is 48.8 Å². The summed E-state index contributed by atoms with van der Waals surface area (Å²) in [5, 5.41) is 8.08. The van der Waals surface area contributed by atoms with E-state index in [0.717, 1.165) is 6.42 Å². The Labute approximate surface area is 249 Å². The normalized spacial score (nSPS) is 11.4. The first-order valence-corrected chi connectivity index (χ1v) is 13.8. The number of hydrogen-bond acceptors (Lipinski definition) is 1. The van der Waals surface area contributed by atoms with Crippen molar-refractivity contribution in [2.75, 3.05) is 0 Å². The Kier molecular flexibility index (Phi) is 12.7. The predicted molar refractivity (Wildman–Crippen MR) is 149 cm³/mol. The minimum atomic E-state index is 0. The van der Waals surface area contributed by atoms with Crippen molar-refractivity contribution in [3.8, 4) is 0 Å². The first kappa shape index (κ1) is 31.5. The van der Waals surface area contributed by atoms with Crippen LogP contribution in [0.5, 0.6) is 0 Å². The van der Waals surface area contributed by atoms with Gasteiger partial charge in [-0.3, -0.25) is 0 Å². The average Bonchev–Trinajstić information content (AvgIpc) is 3.54. The smallest absolute Gasteiger partial charge is 0.0188 e. The molecule has 37 heavy (non-hydrogen) atoms. The van der Waals surface area contributed by atoms with Crippen LogP contribution >= 0.6 is 0 Å². The fourth-order valence-corrected chi connectivity index (χ4v) is 6.21. The van der Waals surface area contributed by atoms with Crippen LogP contribution in [0.15, 0.2) is 97.1 Å². The molecule has 5 aromatic carbocycles. The third-order valence-electron chi connectivity index (χ3n) is 6.47. The van der Waals surface area contributed by atoms with E-state index in [9.17, 15) is 0 Å². The van der Waals surface area contributed by atoms with Crippen LogP contribution in [0.1, 0.15) is 38.8 Å². The molecule has 5 aromatic rings. The van der Waals surface area contributed by atoms with E-state index in [1.165, 1.54) is 67.4 Å². The van der Waals surface area contributed by atoms with Crippen molar-refractivity contribution in [3.05, 3.63) is 114 Å². The number of nitrogens with zero attached hydrogens (tertiary/aromatic N) is 1. The van der Waals surface area contributed by atoms with Gasteiger partial charge in [0.2, 0.25) is 0 Å². The molecule has 0 amide bonds. The number of hydrogen-bond donors (Lipinski definition) is 0. The van der Waals surface area contributed by atoms with Gasteiger partial charge < -0.3 is 24.8 Å². The van der Waals surface area contributed by atoms with Crippen LogP contribution in [0.25, 0.3) is 32.3 Å². The molecule has 0 aliphatic heterocycles. The quantitative estimate of drug-likeness (QED) is 0.174. The molecule has 0 saturated carbocycles. The maximum Gasteiger partial charge on any atom is -0.0188 e. The van der Waals surface area contributed by atoms with Gasteiger partial charge in [0.1, 0.15) is 0 Å². The van der Waals surface area contributed by atoms with Gasteiger partial charge in [0.05, 0.1) is 0 Å². The van der Waals surface area contributed by atoms with Crippen LogP contribution in [0.4, 0.5) is 0 Å². The summed E-state index contributed by atoms with van der Waals surface area (Å²) < 4.78 is 2.24. The van der Waals surface area contributed by atoms with E-state index in [-0.39, 0.29) is 24.8 Å². The van der Waals surface area contributed by atoms with Crippen LogP contribution in [-0.4, -0.2) is 21.4 Å². The molecule has 0 fully saturated rings. The fourth-order valence-electron chi connectivity index (χ4n) is 4.75. The Morgan fingerprint density at radius 3 is 2.05 bits per heavy atom. The summed E-state index contributed by atoms with van der Waals surface area (Å²) in [5.41, 5.74) is 2.69. The van der Waals surface area contributed by atoms with Gasteiger partial charge in [0.15, 0.2) is 0 Å². The van der Waals surface area contributed by atoms with Crippen LogP contribution in [0.2, 0.25) is 0 Å². The molecule has 1 aliphatic rings. The van der Waals surface area contributed by atoms with Crippen molar-refractivity contribution >= 4 is 36.8 Å². The molecule has 1 nitrogen and oxygen atoms in total. The first-order chi connectivity index (χ1) is 17.0. The van der Waals surface area contributed by atoms with E-state index in [1.807, 2.05) is 0 Å². The molecule has 0 saturated heterocycles. The van der Waals surface area contributed by atoms with Crippen molar-refractivity contribution in [1.82, 2.24) is 4.81 Å². The summed E-state index contributed by atoms with van der Waals surface area (Å²) in [5.74, 6) is 0. The monoisotopic (exact) mass is 601 g/mol. The van der Waals surface area contributed by atoms with Crippen molar-refractivity contribution in [2.45, 2.75) is 46.2 Å². The van der Waals surface area contributed by atoms with Crippen LogP contribution < -0.4 is 24.8 Å². The first-order valence-electron chi connectivity index (χ1n) is 12.4. The van der Waals surface area contributed by atoms with Gasteiger partial charge >= 0.3 is 73.1 Å². The minimum Gasteiger partial charge on any atom is -1.00 e. The van der Waals surface area contributed by atoms with Crippen LogP contribution in [0, 0.1) is 6.08 Å². The molecule has 1 aliphatic carbocycles.